The van der Waals surface area contributed by atoms with Gasteiger partial charge in [0.15, 0.2) is 5.82 Å². The summed E-state index contributed by atoms with van der Waals surface area (Å²) in [4.78, 5) is 29.8. The normalized spacial score (nSPS) is 18.0. The molecular weight excluding hydrogens is 332 g/mol. The van der Waals surface area contributed by atoms with Gasteiger partial charge in [-0.3, -0.25) is 9.59 Å². The van der Waals surface area contributed by atoms with Crippen molar-refractivity contribution in [2.45, 2.75) is 70.4 Å². The number of fused-ring (bicyclic) bond motifs is 1. The molecule has 0 atom stereocenters. The Balaban J connectivity index is 1.75. The summed E-state index contributed by atoms with van der Waals surface area (Å²) >= 11 is 0. The molecule has 2 N–H and O–H groups in total. The van der Waals surface area contributed by atoms with Crippen molar-refractivity contribution in [2.75, 3.05) is 20.3 Å². The highest BCUT2D eigenvalue weighted by Gasteiger charge is 2.28. The van der Waals surface area contributed by atoms with Crippen molar-refractivity contribution in [3.8, 4) is 0 Å². The van der Waals surface area contributed by atoms with E-state index in [1.165, 1.54) is 25.7 Å². The van der Waals surface area contributed by atoms with E-state index in [2.05, 4.69) is 15.6 Å². The Morgan fingerprint density at radius 1 is 1.12 bits per heavy atom. The molecular formula is C19H30N4O3. The highest BCUT2D eigenvalue weighted by molar-refractivity contribution is 5.97. The van der Waals surface area contributed by atoms with Crippen LogP contribution >= 0.6 is 0 Å². The first kappa shape index (κ1) is 18.9. The summed E-state index contributed by atoms with van der Waals surface area (Å²) in [5.74, 6) is -0.0148. The van der Waals surface area contributed by atoms with E-state index in [1.54, 1.807) is 7.11 Å². The first-order valence-electron chi connectivity index (χ1n) is 9.88. The number of aromatic nitrogens is 2. The molecule has 0 bridgehead atoms. The predicted octanol–water partition coefficient (Wildman–Crippen LogP) is 2.05. The summed E-state index contributed by atoms with van der Waals surface area (Å²) in [6.45, 7) is 1.63. The smallest absolute Gasteiger partial charge is 0.287 e. The van der Waals surface area contributed by atoms with E-state index in [0.29, 0.717) is 24.7 Å². The molecule has 2 heterocycles. The molecule has 1 fully saturated rings. The van der Waals surface area contributed by atoms with Crippen LogP contribution < -0.4 is 10.6 Å². The second-order valence-electron chi connectivity index (χ2n) is 7.25. The number of rotatable bonds is 6. The molecule has 1 saturated carbocycles. The number of hydrogen-bond donors (Lipinski definition) is 2. The van der Waals surface area contributed by atoms with Crippen LogP contribution in [0.1, 0.15) is 78.2 Å². The molecule has 7 heteroatoms. The maximum Gasteiger partial charge on any atom is 0.287 e. The van der Waals surface area contributed by atoms with Crippen molar-refractivity contribution in [3.63, 3.8) is 0 Å². The molecule has 3 rings (SSSR count). The Morgan fingerprint density at radius 3 is 2.62 bits per heavy atom. The maximum atomic E-state index is 12.9. The van der Waals surface area contributed by atoms with Crippen LogP contribution in [0.15, 0.2) is 0 Å². The van der Waals surface area contributed by atoms with Gasteiger partial charge in [0.1, 0.15) is 5.69 Å². The molecule has 0 aromatic carbocycles. The average molecular weight is 362 g/mol. The van der Waals surface area contributed by atoms with Crippen LogP contribution in [0, 0.1) is 0 Å². The van der Waals surface area contributed by atoms with Crippen molar-refractivity contribution in [1.29, 1.82) is 0 Å². The van der Waals surface area contributed by atoms with Crippen molar-refractivity contribution in [2.24, 2.45) is 0 Å². The Kier molecular flexibility index (Phi) is 6.66. The topological polar surface area (TPSA) is 85.2 Å². The zero-order valence-corrected chi connectivity index (χ0v) is 15.7. The van der Waals surface area contributed by atoms with Crippen molar-refractivity contribution >= 4 is 11.8 Å². The molecule has 1 aromatic rings. The fourth-order valence-electron chi connectivity index (χ4n) is 3.92. The van der Waals surface area contributed by atoms with Gasteiger partial charge in [0.05, 0.1) is 12.3 Å². The third-order valence-electron chi connectivity index (χ3n) is 5.32. The van der Waals surface area contributed by atoms with Crippen LogP contribution in [0.2, 0.25) is 0 Å². The fourth-order valence-corrected chi connectivity index (χ4v) is 3.92. The van der Waals surface area contributed by atoms with Gasteiger partial charge in [-0.1, -0.05) is 25.7 Å². The van der Waals surface area contributed by atoms with E-state index in [9.17, 15) is 9.59 Å². The number of carbonyl (C=O) groups is 2. The summed E-state index contributed by atoms with van der Waals surface area (Å²) in [5, 5.41) is 5.98. The van der Waals surface area contributed by atoms with Gasteiger partial charge < -0.3 is 19.9 Å². The molecule has 7 nitrogen and oxygen atoms in total. The van der Waals surface area contributed by atoms with Crippen LogP contribution in [0.3, 0.4) is 0 Å². The number of carbonyl (C=O) groups excluding carboxylic acids is 2. The van der Waals surface area contributed by atoms with Gasteiger partial charge in [0.2, 0.25) is 0 Å². The molecule has 0 saturated heterocycles. The van der Waals surface area contributed by atoms with Crippen LogP contribution in [0.25, 0.3) is 0 Å². The Bertz CT molecular complexity index is 633. The van der Waals surface area contributed by atoms with E-state index in [-0.39, 0.29) is 17.9 Å². The van der Waals surface area contributed by atoms with Gasteiger partial charge in [-0.05, 0) is 32.1 Å². The Morgan fingerprint density at radius 2 is 1.88 bits per heavy atom. The third-order valence-corrected chi connectivity index (χ3v) is 5.32. The molecule has 2 amide bonds. The zero-order chi connectivity index (χ0) is 18.4. The first-order valence-corrected chi connectivity index (χ1v) is 9.88. The molecule has 0 spiro atoms. The molecule has 0 radical (unpaired) electrons. The second-order valence-corrected chi connectivity index (χ2v) is 7.25. The molecule has 1 aliphatic carbocycles. The van der Waals surface area contributed by atoms with E-state index in [1.807, 2.05) is 4.57 Å². The summed E-state index contributed by atoms with van der Waals surface area (Å²) in [6.07, 6.45) is 9.73. The number of ether oxygens (including phenoxy) is 1. The number of imidazole rings is 1. The van der Waals surface area contributed by atoms with Gasteiger partial charge >= 0.3 is 0 Å². The maximum absolute atomic E-state index is 12.9. The second kappa shape index (κ2) is 9.16. The van der Waals surface area contributed by atoms with Gasteiger partial charge in [0.25, 0.3) is 11.8 Å². The Hall–Kier alpha value is -1.89. The number of amides is 2. The molecule has 1 aromatic heterocycles. The lowest BCUT2D eigenvalue weighted by Crippen LogP contribution is -2.35. The van der Waals surface area contributed by atoms with Gasteiger partial charge in [-0.25, -0.2) is 4.98 Å². The number of hydrogen-bond acceptors (Lipinski definition) is 4. The monoisotopic (exact) mass is 362 g/mol. The van der Waals surface area contributed by atoms with E-state index in [0.717, 1.165) is 44.3 Å². The van der Waals surface area contributed by atoms with Crippen LogP contribution in [-0.4, -0.2) is 47.7 Å². The lowest BCUT2D eigenvalue weighted by atomic mass is 10.1. The SMILES string of the molecule is COCCNC(=O)c1nc(C(=O)NC2CCCCCC2)c2n1CCCC2. The summed E-state index contributed by atoms with van der Waals surface area (Å²) in [7, 11) is 1.60. The number of nitrogens with one attached hydrogen (secondary N) is 2. The van der Waals surface area contributed by atoms with E-state index < -0.39 is 0 Å². The molecule has 1 aliphatic heterocycles. The van der Waals surface area contributed by atoms with Crippen LogP contribution in [0.5, 0.6) is 0 Å². The van der Waals surface area contributed by atoms with Crippen molar-refractivity contribution < 1.29 is 14.3 Å². The van der Waals surface area contributed by atoms with Gasteiger partial charge in [0, 0.05) is 26.2 Å². The van der Waals surface area contributed by atoms with Gasteiger partial charge in [-0.2, -0.15) is 0 Å². The highest BCUT2D eigenvalue weighted by atomic mass is 16.5. The van der Waals surface area contributed by atoms with Crippen LogP contribution in [0.4, 0.5) is 0 Å². The number of nitrogens with zero attached hydrogens (tertiary/aromatic N) is 2. The minimum atomic E-state index is -0.237. The first-order chi connectivity index (χ1) is 12.7. The predicted molar refractivity (Wildman–Crippen MR) is 98.3 cm³/mol. The van der Waals surface area contributed by atoms with E-state index >= 15 is 0 Å². The van der Waals surface area contributed by atoms with Crippen LogP contribution in [-0.2, 0) is 17.7 Å². The highest BCUT2D eigenvalue weighted by Crippen LogP contribution is 2.22. The zero-order valence-electron chi connectivity index (χ0n) is 15.7. The molecule has 26 heavy (non-hydrogen) atoms. The Labute approximate surface area is 154 Å². The quantitative estimate of drug-likeness (QED) is 0.599. The summed E-state index contributed by atoms with van der Waals surface area (Å²) in [6, 6.07) is 0.227. The standard InChI is InChI=1S/C19H30N4O3/c1-26-13-11-20-19(25)17-22-16(15-10-6-7-12-23(15)17)18(24)21-14-8-4-2-3-5-9-14/h14H,2-13H2,1H3,(H,20,25)(H,21,24). The van der Waals surface area contributed by atoms with Crippen molar-refractivity contribution in [3.05, 3.63) is 17.2 Å². The average Bonchev–Trinajstić information content (AvgIpc) is 2.85. The minimum absolute atomic E-state index is 0.126. The van der Waals surface area contributed by atoms with Crippen molar-refractivity contribution in [1.82, 2.24) is 20.2 Å². The third kappa shape index (κ3) is 4.44. The molecule has 0 unspecified atom stereocenters. The minimum Gasteiger partial charge on any atom is -0.383 e. The largest absolute Gasteiger partial charge is 0.383 e. The van der Waals surface area contributed by atoms with E-state index in [4.69, 9.17) is 4.74 Å². The lowest BCUT2D eigenvalue weighted by molar-refractivity contribution is 0.0921. The number of methoxy groups -OCH3 is 1. The molecule has 144 valence electrons. The summed E-state index contributed by atoms with van der Waals surface area (Å²) in [5.41, 5.74) is 1.34. The molecule has 2 aliphatic rings. The fraction of sp³-hybridized carbons (Fsp3) is 0.737. The summed E-state index contributed by atoms with van der Waals surface area (Å²) < 4.78 is 6.90. The van der Waals surface area contributed by atoms with Gasteiger partial charge in [-0.15, -0.1) is 0 Å². The lowest BCUT2D eigenvalue weighted by Gasteiger charge is -2.18.